The third-order valence-corrected chi connectivity index (χ3v) is 7.06. The van der Waals surface area contributed by atoms with Gasteiger partial charge in [-0.2, -0.15) is 8.42 Å². The van der Waals surface area contributed by atoms with Crippen LogP contribution in [0.15, 0.2) is 12.2 Å². The Balaban J connectivity index is -0.00000480. The molecule has 1 N–H and O–H groups in total. The van der Waals surface area contributed by atoms with Crippen molar-refractivity contribution in [3.63, 3.8) is 0 Å². The molecule has 0 aromatic heterocycles. The number of allylic oxidation sites excluding steroid dienone is 1. The van der Waals surface area contributed by atoms with Crippen LogP contribution in [0.1, 0.15) is 162 Å². The maximum absolute atomic E-state index is 10.6. The Morgan fingerprint density at radius 3 is 1.06 bits per heavy atom. The van der Waals surface area contributed by atoms with Crippen molar-refractivity contribution in [1.29, 1.82) is 0 Å². The van der Waals surface area contributed by atoms with E-state index >= 15 is 0 Å². The van der Waals surface area contributed by atoms with E-state index in [1.54, 1.807) is 6.08 Å². The Bertz CT molecular complexity index is 498. The summed E-state index contributed by atoms with van der Waals surface area (Å²) in [6.45, 7) is 2.29. The van der Waals surface area contributed by atoms with Crippen molar-refractivity contribution in [2.75, 3.05) is 5.75 Å². The minimum absolute atomic E-state index is 0. The van der Waals surface area contributed by atoms with E-state index in [-0.39, 0.29) is 36.7 Å². The fraction of sp³-hybridized carbons (Fsp3) is 0.929. The van der Waals surface area contributed by atoms with Crippen molar-refractivity contribution in [3.8, 4) is 0 Å². The normalized spacial score (nSPS) is 11.8. The van der Waals surface area contributed by atoms with Crippen LogP contribution in [0.4, 0.5) is 0 Å². The van der Waals surface area contributed by atoms with Crippen LogP contribution in [0.5, 0.6) is 0 Å². The Morgan fingerprint density at radius 1 is 0.515 bits per heavy atom. The van der Waals surface area contributed by atoms with E-state index < -0.39 is 10.1 Å². The van der Waals surface area contributed by atoms with E-state index in [1.807, 2.05) is 6.08 Å². The molecule has 0 fully saturated rings. The second kappa shape index (κ2) is 28.9. The molecule has 5 heteroatoms. The number of hydrogen-bond acceptors (Lipinski definition) is 2. The standard InChI is InChI=1S/C28H56O3S.Na.H/c1-2-3-4-5-6-7-8-9-10-11-12-13-14-15-16-17-18-19-20-21-22-23-24-25-26-27-28-32(29,30)31;;/h26-27H,2-25,28H2,1H3,(H,29,30,31);;/q;+1;-1. The van der Waals surface area contributed by atoms with Gasteiger partial charge in [0.05, 0.1) is 5.75 Å². The summed E-state index contributed by atoms with van der Waals surface area (Å²) in [4.78, 5) is 0. The largest absolute Gasteiger partial charge is 1.00 e. The molecule has 0 aliphatic rings. The quantitative estimate of drug-likeness (QED) is 0.0611. The number of rotatable bonds is 26. The van der Waals surface area contributed by atoms with Crippen LogP contribution >= 0.6 is 0 Å². The van der Waals surface area contributed by atoms with Gasteiger partial charge in [0.2, 0.25) is 0 Å². The van der Waals surface area contributed by atoms with Crippen molar-refractivity contribution >= 4 is 10.1 Å². The molecule has 0 unspecified atom stereocenters. The summed E-state index contributed by atoms with van der Waals surface area (Å²) in [5.74, 6) is -0.258. The zero-order valence-electron chi connectivity index (χ0n) is 23.5. The van der Waals surface area contributed by atoms with E-state index in [2.05, 4.69) is 6.92 Å². The Kier molecular flexibility index (Phi) is 31.3. The molecular weight excluding hydrogens is 439 g/mol. The van der Waals surface area contributed by atoms with Crippen LogP contribution < -0.4 is 29.6 Å². The Morgan fingerprint density at radius 2 is 0.788 bits per heavy atom. The van der Waals surface area contributed by atoms with Gasteiger partial charge in [0.1, 0.15) is 0 Å². The SMILES string of the molecule is CCCCCCCCCCCCCCCCCCCCCCCCCC=CCS(=O)(=O)O.[H-].[Na+]. The van der Waals surface area contributed by atoms with Gasteiger partial charge in [-0.15, -0.1) is 0 Å². The van der Waals surface area contributed by atoms with Crippen molar-refractivity contribution in [2.45, 2.75) is 161 Å². The monoisotopic (exact) mass is 496 g/mol. The predicted molar refractivity (Wildman–Crippen MR) is 143 cm³/mol. The summed E-state index contributed by atoms with van der Waals surface area (Å²) in [7, 11) is -3.84. The molecule has 0 aliphatic heterocycles. The molecule has 0 amide bonds. The van der Waals surface area contributed by atoms with Gasteiger partial charge in [0, 0.05) is 0 Å². The van der Waals surface area contributed by atoms with Gasteiger partial charge >= 0.3 is 29.6 Å². The zero-order chi connectivity index (χ0) is 23.6. The average Bonchev–Trinajstić information content (AvgIpc) is 2.75. The molecule has 0 saturated heterocycles. The van der Waals surface area contributed by atoms with Gasteiger partial charge in [-0.05, 0) is 12.8 Å². The average molecular weight is 497 g/mol. The van der Waals surface area contributed by atoms with Crippen molar-refractivity contribution in [2.24, 2.45) is 0 Å². The summed E-state index contributed by atoms with van der Waals surface area (Å²) in [5, 5.41) is 0. The van der Waals surface area contributed by atoms with Crippen LogP contribution in [0.25, 0.3) is 0 Å². The van der Waals surface area contributed by atoms with E-state index in [9.17, 15) is 8.42 Å². The van der Waals surface area contributed by atoms with Crippen LogP contribution in [0, 0.1) is 0 Å². The van der Waals surface area contributed by atoms with Gasteiger partial charge in [0.15, 0.2) is 0 Å². The minimum atomic E-state index is -3.84. The molecule has 0 saturated carbocycles. The summed E-state index contributed by atoms with van der Waals surface area (Å²) < 4.78 is 29.8. The van der Waals surface area contributed by atoms with Gasteiger partial charge < -0.3 is 1.43 Å². The second-order valence-electron chi connectivity index (χ2n) is 9.79. The molecule has 0 heterocycles. The topological polar surface area (TPSA) is 54.4 Å². The molecule has 0 atom stereocenters. The molecule has 0 aromatic carbocycles. The van der Waals surface area contributed by atoms with Crippen molar-refractivity contribution in [3.05, 3.63) is 12.2 Å². The third-order valence-electron chi connectivity index (χ3n) is 6.45. The van der Waals surface area contributed by atoms with Crippen molar-refractivity contribution in [1.82, 2.24) is 0 Å². The molecule has 0 rings (SSSR count). The van der Waals surface area contributed by atoms with Crippen LogP contribution in [0.2, 0.25) is 0 Å². The summed E-state index contributed by atoms with van der Waals surface area (Å²) in [6, 6.07) is 0. The van der Waals surface area contributed by atoms with E-state index in [4.69, 9.17) is 4.55 Å². The minimum Gasteiger partial charge on any atom is -1.00 e. The Hall–Kier alpha value is 0.650. The molecule has 0 spiro atoms. The molecule has 0 bridgehead atoms. The van der Waals surface area contributed by atoms with Gasteiger partial charge in [-0.1, -0.05) is 160 Å². The molecular formula is C28H57NaO3S. The molecule has 33 heavy (non-hydrogen) atoms. The molecule has 0 aliphatic carbocycles. The smallest absolute Gasteiger partial charge is 1.00 e. The fourth-order valence-electron chi connectivity index (χ4n) is 4.36. The van der Waals surface area contributed by atoms with Gasteiger partial charge in [-0.25, -0.2) is 0 Å². The van der Waals surface area contributed by atoms with E-state index in [0.29, 0.717) is 0 Å². The number of hydrogen-bond donors (Lipinski definition) is 1. The first kappa shape index (κ1) is 35.8. The molecule has 3 nitrogen and oxygen atoms in total. The second-order valence-corrected chi connectivity index (χ2v) is 11.3. The molecule has 0 aromatic rings. The first-order valence-corrected chi connectivity index (χ1v) is 15.8. The van der Waals surface area contributed by atoms with Gasteiger partial charge in [-0.3, -0.25) is 4.55 Å². The summed E-state index contributed by atoms with van der Waals surface area (Å²) in [6.07, 6.45) is 36.5. The van der Waals surface area contributed by atoms with Crippen LogP contribution in [0.3, 0.4) is 0 Å². The van der Waals surface area contributed by atoms with E-state index in [1.165, 1.54) is 141 Å². The van der Waals surface area contributed by atoms with E-state index in [0.717, 1.165) is 12.8 Å². The maximum Gasteiger partial charge on any atom is 1.00 e. The van der Waals surface area contributed by atoms with Crippen molar-refractivity contribution < 1.29 is 44.0 Å². The number of unbranched alkanes of at least 4 members (excludes halogenated alkanes) is 23. The maximum atomic E-state index is 10.6. The predicted octanol–water partition coefficient (Wildman–Crippen LogP) is 6.93. The van der Waals surface area contributed by atoms with Gasteiger partial charge in [0.25, 0.3) is 10.1 Å². The summed E-state index contributed by atoms with van der Waals surface area (Å²) in [5.41, 5.74) is 0. The first-order valence-electron chi connectivity index (χ1n) is 14.2. The zero-order valence-corrected chi connectivity index (χ0v) is 25.3. The third kappa shape index (κ3) is 34.9. The molecule has 0 radical (unpaired) electrons. The Labute approximate surface area is 231 Å². The summed E-state index contributed by atoms with van der Waals surface area (Å²) >= 11 is 0. The molecule has 194 valence electrons. The first-order chi connectivity index (χ1) is 15.6. The van der Waals surface area contributed by atoms with Crippen LogP contribution in [-0.4, -0.2) is 18.7 Å². The van der Waals surface area contributed by atoms with Crippen LogP contribution in [-0.2, 0) is 10.1 Å². The fourth-order valence-corrected chi connectivity index (χ4v) is 4.73.